The van der Waals surface area contributed by atoms with Gasteiger partial charge in [-0.1, -0.05) is 36.4 Å². The third-order valence-corrected chi connectivity index (χ3v) is 21.5. The molecular weight excluding hydrogens is 1430 g/mol. The molecule has 30 nitrogen and oxygen atoms in total. The first-order valence-electron chi connectivity index (χ1n) is 38.8. The second-order valence-corrected chi connectivity index (χ2v) is 29.8. The fourth-order valence-electron chi connectivity index (χ4n) is 15.0. The summed E-state index contributed by atoms with van der Waals surface area (Å²) in [7, 11) is 0. The van der Waals surface area contributed by atoms with E-state index in [-0.39, 0.29) is 12.1 Å². The van der Waals surface area contributed by atoms with E-state index < -0.39 is 71.9 Å². The van der Waals surface area contributed by atoms with Crippen molar-refractivity contribution in [2.45, 2.75) is 129 Å². The Morgan fingerprint density at radius 3 is 0.812 bits per heavy atom. The number of hydrogen-bond acceptors (Lipinski definition) is 24. The number of nitrogens with one attached hydrogen (secondary N) is 6. The van der Waals surface area contributed by atoms with Crippen molar-refractivity contribution in [2.75, 3.05) is 161 Å². The van der Waals surface area contributed by atoms with Gasteiger partial charge in [-0.25, -0.2) is 16.4 Å². The van der Waals surface area contributed by atoms with E-state index in [1.54, 1.807) is 36.4 Å². The van der Waals surface area contributed by atoms with Crippen LogP contribution in [-0.4, -0.2) is 273 Å². The second-order valence-electron chi connectivity index (χ2n) is 29.8. The predicted octanol–water partition coefficient (Wildman–Crippen LogP) is 4.04. The molecular formula is C82H113N15O15. The third-order valence-electron chi connectivity index (χ3n) is 21.5. The number of hydroxylamine groups is 3. The predicted molar refractivity (Wildman–Crippen MR) is 427 cm³/mol. The van der Waals surface area contributed by atoms with Gasteiger partial charge >= 0.3 is 0 Å². The smallest absolute Gasteiger partial charge is 0.268 e. The van der Waals surface area contributed by atoms with Gasteiger partial charge in [0.15, 0.2) is 0 Å². The van der Waals surface area contributed by atoms with Crippen LogP contribution in [0.4, 0.5) is 34.1 Å². The van der Waals surface area contributed by atoms with Gasteiger partial charge in [0.05, 0.1) is 58.0 Å². The zero-order chi connectivity index (χ0) is 80.0. The van der Waals surface area contributed by atoms with Gasteiger partial charge in [0.2, 0.25) is 0 Å². The number of carbonyl (C=O) groups is 6. The Balaban J connectivity index is 0.000000178. The lowest BCUT2D eigenvalue weighted by atomic mass is 10.0. The summed E-state index contributed by atoms with van der Waals surface area (Å²) >= 11 is 0. The number of rotatable bonds is 24. The average Bonchev–Trinajstić information content (AvgIpc) is 0.800. The fraction of sp³-hybridized carbons (Fsp3) is 0.488. The molecule has 0 spiro atoms. The Bertz CT molecular complexity index is 3960. The number of amides is 6. The van der Waals surface area contributed by atoms with Crippen molar-refractivity contribution in [1.82, 2.24) is 47.1 Å². The highest BCUT2D eigenvalue weighted by atomic mass is 16.5. The molecule has 6 aromatic rings. The van der Waals surface area contributed by atoms with E-state index in [0.29, 0.717) is 28.8 Å². The van der Waals surface area contributed by atoms with E-state index >= 15 is 0 Å². The van der Waals surface area contributed by atoms with Gasteiger partial charge in [0.1, 0.15) is 18.1 Å². The SMILES string of the molecule is CC(O)C(NC(=O)c1ccc(N2CC(C)N(c3ccc(CN4CCOCC4)cc3)CC2C)cc1)C(=O)NO.CC(O)C(NC(=O)c1ccc(N2CCN(c3ccc(CN4CCOCC4)cc3)C(C)C2)cc1)C(=O)NO.CC(O)C(NC(=O)c1ccc(N2CCN(c3ccc(CN4CCOCC4)cc3)CC2C)cc1)C(=O)NO. The monoisotopic (exact) mass is 1550 g/mol. The first-order chi connectivity index (χ1) is 54.0. The Kier molecular flexibility index (Phi) is 31.3. The molecule has 0 radical (unpaired) electrons. The summed E-state index contributed by atoms with van der Waals surface area (Å²) < 4.78 is 16.3. The summed E-state index contributed by atoms with van der Waals surface area (Å²) in [6, 6.07) is 45.6. The van der Waals surface area contributed by atoms with E-state index in [0.717, 1.165) is 168 Å². The number of piperazine rings is 3. The Morgan fingerprint density at radius 2 is 0.562 bits per heavy atom. The van der Waals surface area contributed by atoms with Crippen LogP contribution in [0, 0.1) is 0 Å². The molecule has 6 aliphatic rings. The Labute approximate surface area is 656 Å². The number of nitrogens with zero attached hydrogens (tertiary/aromatic N) is 9. The lowest BCUT2D eigenvalue weighted by Crippen LogP contribution is -2.56. The maximum Gasteiger partial charge on any atom is 0.268 e. The number of hydrogen-bond donors (Lipinski definition) is 12. The number of carbonyl (C=O) groups excluding carboxylic acids is 6. The van der Waals surface area contributed by atoms with E-state index in [2.05, 4.69) is 161 Å². The summed E-state index contributed by atoms with van der Waals surface area (Å²) in [5.74, 6) is -4.14. The number of morpholine rings is 3. The van der Waals surface area contributed by atoms with Crippen molar-refractivity contribution >= 4 is 69.6 Å². The lowest BCUT2D eigenvalue weighted by molar-refractivity contribution is -0.134. The van der Waals surface area contributed by atoms with Crippen molar-refractivity contribution in [3.05, 3.63) is 179 Å². The van der Waals surface area contributed by atoms with Crippen LogP contribution in [0.1, 0.15) is 96.2 Å². The number of ether oxygens (including phenoxy) is 3. The molecule has 10 atom stereocenters. The maximum absolute atomic E-state index is 12.6. The molecule has 112 heavy (non-hydrogen) atoms. The summed E-state index contributed by atoms with van der Waals surface area (Å²) in [6.45, 7) is 33.5. The van der Waals surface area contributed by atoms with Crippen molar-refractivity contribution in [1.29, 1.82) is 0 Å². The lowest BCUT2D eigenvalue weighted by Gasteiger charge is -2.46. The fourth-order valence-corrected chi connectivity index (χ4v) is 15.0. The minimum Gasteiger partial charge on any atom is -0.391 e. The topological polar surface area (TPSA) is 353 Å². The molecule has 0 aliphatic carbocycles. The molecule has 6 fully saturated rings. The van der Waals surface area contributed by atoms with Crippen LogP contribution < -0.4 is 61.8 Å². The molecule has 6 amide bonds. The Hall–Kier alpha value is -9.54. The van der Waals surface area contributed by atoms with E-state index in [4.69, 9.17) is 29.8 Å². The van der Waals surface area contributed by atoms with Crippen LogP contribution in [0.2, 0.25) is 0 Å². The van der Waals surface area contributed by atoms with Gasteiger partial charge in [-0.05, 0) is 174 Å². The molecule has 6 heterocycles. The van der Waals surface area contributed by atoms with Crippen LogP contribution in [0.25, 0.3) is 0 Å². The number of anilines is 6. The first-order valence-corrected chi connectivity index (χ1v) is 38.8. The standard InChI is InChI=1S/C28H39N5O5.2C27H37N5O5/c1-19-17-33(25-10-6-23(7-11-25)27(35)29-26(21(3)34)28(36)30-37)20(2)16-32(19)24-8-4-22(5-9-24)18-31-12-14-38-15-13-31;1-19-17-31(23-9-5-22(6-10-23)26(34)28-25(20(2)33)27(35)29-36)11-12-32(19)24-7-3-21(4-8-24)18-30-13-15-37-16-14-30;1-19-17-31(23-7-3-21(4-8-23)18-30-13-15-37-16-14-30)11-12-32(19)24-9-5-22(6-10-24)26(34)28-25(20(2)33)27(35)29-36/h4-11,19-21,26,34,37H,12-18H2,1-3H3,(H,29,35)(H,30,36);2*3-10,19-20,25,33,36H,11-18H2,1-2H3,(H,28,34)(H,29,35). The molecule has 606 valence electrons. The van der Waals surface area contributed by atoms with Crippen molar-refractivity contribution in [2.24, 2.45) is 0 Å². The van der Waals surface area contributed by atoms with Crippen LogP contribution in [0.15, 0.2) is 146 Å². The molecule has 6 aromatic carbocycles. The largest absolute Gasteiger partial charge is 0.391 e. The van der Waals surface area contributed by atoms with Crippen LogP contribution in [-0.2, 0) is 48.2 Å². The highest BCUT2D eigenvalue weighted by Gasteiger charge is 2.34. The normalized spacial score (nSPS) is 20.9. The van der Waals surface area contributed by atoms with Crippen molar-refractivity contribution < 1.29 is 73.9 Å². The van der Waals surface area contributed by atoms with E-state index in [1.807, 2.05) is 36.4 Å². The van der Waals surface area contributed by atoms with Gasteiger partial charge < -0.3 is 74.9 Å². The number of benzene rings is 6. The number of aliphatic hydroxyl groups excluding tert-OH is 3. The molecule has 6 aliphatic heterocycles. The maximum atomic E-state index is 12.6. The second kappa shape index (κ2) is 41.3. The number of aliphatic hydroxyl groups is 3. The third kappa shape index (κ3) is 23.3. The highest BCUT2D eigenvalue weighted by Crippen LogP contribution is 2.31. The molecule has 0 saturated carbocycles. The molecule has 0 aromatic heterocycles. The van der Waals surface area contributed by atoms with Gasteiger partial charge in [-0.3, -0.25) is 59.1 Å². The van der Waals surface area contributed by atoms with Crippen LogP contribution in [0.5, 0.6) is 0 Å². The molecule has 10 unspecified atom stereocenters. The average molecular weight is 1550 g/mol. The molecule has 0 bridgehead atoms. The highest BCUT2D eigenvalue weighted by molar-refractivity contribution is 5.99. The van der Waals surface area contributed by atoms with Gasteiger partial charge in [0.25, 0.3) is 35.4 Å². The van der Waals surface area contributed by atoms with Crippen molar-refractivity contribution in [3.8, 4) is 0 Å². The van der Waals surface area contributed by atoms with Gasteiger partial charge in [-0.15, -0.1) is 0 Å². The minimum atomic E-state index is -1.26. The summed E-state index contributed by atoms with van der Waals surface area (Å²) in [4.78, 5) is 94.3. The van der Waals surface area contributed by atoms with Gasteiger partial charge in [0, 0.05) is 186 Å². The Morgan fingerprint density at radius 1 is 0.330 bits per heavy atom. The first kappa shape index (κ1) is 84.9. The van der Waals surface area contributed by atoms with E-state index in [1.165, 1.54) is 71.0 Å². The van der Waals surface area contributed by atoms with Crippen LogP contribution >= 0.6 is 0 Å². The zero-order valence-corrected chi connectivity index (χ0v) is 65.3. The summed E-state index contributed by atoms with van der Waals surface area (Å²) in [6.07, 6.45) is -3.48. The summed E-state index contributed by atoms with van der Waals surface area (Å²) in [5.41, 5.74) is 16.2. The van der Waals surface area contributed by atoms with Crippen LogP contribution in [0.3, 0.4) is 0 Å². The van der Waals surface area contributed by atoms with E-state index in [9.17, 15) is 44.1 Å². The van der Waals surface area contributed by atoms with Gasteiger partial charge in [-0.2, -0.15) is 0 Å². The molecule has 6 saturated heterocycles. The summed E-state index contributed by atoms with van der Waals surface area (Å²) in [5, 5.41) is 63.1. The molecule has 30 heteroatoms. The molecule has 12 N–H and O–H groups in total. The zero-order valence-electron chi connectivity index (χ0n) is 65.3. The quantitative estimate of drug-likeness (QED) is 0.0300. The van der Waals surface area contributed by atoms with Crippen molar-refractivity contribution in [3.63, 3.8) is 0 Å². The minimum absolute atomic E-state index is 0.256. The molecule has 12 rings (SSSR count).